The second kappa shape index (κ2) is 5.21. The van der Waals surface area contributed by atoms with Gasteiger partial charge in [0.15, 0.2) is 0 Å². The third kappa shape index (κ3) is 3.09. The van der Waals surface area contributed by atoms with E-state index in [2.05, 4.69) is 6.58 Å². The summed E-state index contributed by atoms with van der Waals surface area (Å²) < 4.78 is 13.7. The summed E-state index contributed by atoms with van der Waals surface area (Å²) in [6, 6.07) is 4.09. The van der Waals surface area contributed by atoms with Gasteiger partial charge in [0.2, 0.25) is 0 Å². The number of nitrogen functional groups attached to an aromatic ring is 1. The smallest absolute Gasteiger partial charge is 0.257 e. The Kier molecular flexibility index (Phi) is 4.11. The van der Waals surface area contributed by atoms with Crippen LogP contribution in [0.3, 0.4) is 0 Å². The summed E-state index contributed by atoms with van der Waals surface area (Å²) in [5, 5.41) is 0. The van der Waals surface area contributed by atoms with E-state index in [0.717, 1.165) is 6.07 Å². The van der Waals surface area contributed by atoms with Crippen molar-refractivity contribution in [2.75, 3.05) is 12.3 Å². The summed E-state index contributed by atoms with van der Waals surface area (Å²) in [5.74, 6) is -0.960. The Hall–Kier alpha value is -1.84. The maximum Gasteiger partial charge on any atom is 0.257 e. The van der Waals surface area contributed by atoms with Crippen LogP contribution in [0.15, 0.2) is 30.9 Å². The first-order valence-corrected chi connectivity index (χ1v) is 5.75. The fourth-order valence-corrected chi connectivity index (χ4v) is 1.64. The summed E-state index contributed by atoms with van der Waals surface area (Å²) >= 11 is 0. The van der Waals surface area contributed by atoms with Crippen molar-refractivity contribution in [1.82, 2.24) is 4.90 Å². The van der Waals surface area contributed by atoms with Crippen molar-refractivity contribution in [2.24, 2.45) is 0 Å². The molecule has 0 atom stereocenters. The fraction of sp³-hybridized carbons (Fsp3) is 0.357. The molecule has 1 aromatic carbocycles. The fourth-order valence-electron chi connectivity index (χ4n) is 1.64. The SMILES string of the molecule is C=CCN(C(=O)c1ccc(N)cc1F)C(C)(C)C. The molecule has 0 saturated heterocycles. The standard InChI is InChI=1S/C14H19FN2O/c1-5-8-17(14(2,3)4)13(18)11-7-6-10(16)9-12(11)15/h5-7,9H,1,8,16H2,2-4H3. The molecule has 1 rings (SSSR count). The molecule has 0 aromatic heterocycles. The lowest BCUT2D eigenvalue weighted by Gasteiger charge is -2.35. The van der Waals surface area contributed by atoms with Crippen LogP contribution < -0.4 is 5.73 Å². The first kappa shape index (κ1) is 14.2. The van der Waals surface area contributed by atoms with Gasteiger partial charge >= 0.3 is 0 Å². The molecule has 98 valence electrons. The molecule has 1 aromatic rings. The minimum Gasteiger partial charge on any atom is -0.399 e. The first-order chi connectivity index (χ1) is 8.27. The van der Waals surface area contributed by atoms with Crippen LogP contribution in [0, 0.1) is 5.82 Å². The highest BCUT2D eigenvalue weighted by Gasteiger charge is 2.27. The predicted molar refractivity (Wildman–Crippen MR) is 71.8 cm³/mol. The van der Waals surface area contributed by atoms with Crippen molar-refractivity contribution >= 4 is 11.6 Å². The van der Waals surface area contributed by atoms with E-state index in [1.807, 2.05) is 20.8 Å². The lowest BCUT2D eigenvalue weighted by Crippen LogP contribution is -2.45. The number of anilines is 1. The summed E-state index contributed by atoms with van der Waals surface area (Å²) in [6.45, 7) is 9.66. The number of hydrogen-bond acceptors (Lipinski definition) is 2. The number of rotatable bonds is 3. The number of benzene rings is 1. The Bertz CT molecular complexity index is 463. The van der Waals surface area contributed by atoms with E-state index in [1.54, 1.807) is 11.0 Å². The topological polar surface area (TPSA) is 46.3 Å². The Labute approximate surface area is 107 Å². The molecule has 0 unspecified atom stereocenters. The summed E-state index contributed by atoms with van der Waals surface area (Å²) in [5.41, 5.74) is 5.39. The van der Waals surface area contributed by atoms with Gasteiger partial charge in [-0.2, -0.15) is 0 Å². The molecule has 0 aliphatic carbocycles. The second-order valence-corrected chi connectivity index (χ2v) is 5.11. The highest BCUT2D eigenvalue weighted by Crippen LogP contribution is 2.20. The largest absolute Gasteiger partial charge is 0.399 e. The van der Waals surface area contributed by atoms with Crippen LogP contribution in [-0.4, -0.2) is 22.9 Å². The monoisotopic (exact) mass is 250 g/mol. The Balaban J connectivity index is 3.14. The van der Waals surface area contributed by atoms with Gasteiger partial charge in [-0.05, 0) is 39.0 Å². The normalized spacial score (nSPS) is 11.1. The van der Waals surface area contributed by atoms with Crippen molar-refractivity contribution in [2.45, 2.75) is 26.3 Å². The highest BCUT2D eigenvalue weighted by atomic mass is 19.1. The number of carbonyl (C=O) groups excluding carboxylic acids is 1. The van der Waals surface area contributed by atoms with Crippen LogP contribution in [0.4, 0.5) is 10.1 Å². The van der Waals surface area contributed by atoms with Gasteiger partial charge in [0, 0.05) is 17.8 Å². The van der Waals surface area contributed by atoms with E-state index in [4.69, 9.17) is 5.73 Å². The molecule has 0 aliphatic heterocycles. The molecule has 0 aliphatic rings. The lowest BCUT2D eigenvalue weighted by atomic mass is 10.0. The summed E-state index contributed by atoms with van der Waals surface area (Å²) in [6.07, 6.45) is 1.62. The van der Waals surface area contributed by atoms with Crippen molar-refractivity contribution in [3.8, 4) is 0 Å². The number of hydrogen-bond donors (Lipinski definition) is 1. The van der Waals surface area contributed by atoms with Gasteiger partial charge in [-0.25, -0.2) is 4.39 Å². The molecular formula is C14H19FN2O. The van der Waals surface area contributed by atoms with Crippen molar-refractivity contribution in [3.05, 3.63) is 42.2 Å². The molecule has 0 radical (unpaired) electrons. The molecular weight excluding hydrogens is 231 g/mol. The van der Waals surface area contributed by atoms with Crippen molar-refractivity contribution < 1.29 is 9.18 Å². The van der Waals surface area contributed by atoms with Gasteiger partial charge in [-0.3, -0.25) is 4.79 Å². The van der Waals surface area contributed by atoms with Gasteiger partial charge in [-0.15, -0.1) is 6.58 Å². The van der Waals surface area contributed by atoms with Gasteiger partial charge in [0.1, 0.15) is 5.82 Å². The molecule has 0 bridgehead atoms. The molecule has 1 amide bonds. The third-order valence-corrected chi connectivity index (χ3v) is 2.59. The zero-order valence-corrected chi connectivity index (χ0v) is 11.0. The minimum absolute atomic E-state index is 0.0287. The third-order valence-electron chi connectivity index (χ3n) is 2.59. The number of carbonyl (C=O) groups is 1. The Morgan fingerprint density at radius 1 is 1.50 bits per heavy atom. The second-order valence-electron chi connectivity index (χ2n) is 5.11. The maximum atomic E-state index is 13.7. The number of nitrogens with zero attached hydrogens (tertiary/aromatic N) is 1. The number of nitrogens with two attached hydrogens (primary N) is 1. The average Bonchev–Trinajstić information content (AvgIpc) is 2.23. The van der Waals surface area contributed by atoms with Crippen LogP contribution in [0.25, 0.3) is 0 Å². The Morgan fingerprint density at radius 2 is 2.11 bits per heavy atom. The van der Waals surface area contributed by atoms with Gasteiger partial charge in [-0.1, -0.05) is 6.08 Å². The van der Waals surface area contributed by atoms with E-state index in [9.17, 15) is 9.18 Å². The average molecular weight is 250 g/mol. The number of halogens is 1. The predicted octanol–water partition coefficient (Wildman–Crippen LogP) is 2.83. The molecule has 3 nitrogen and oxygen atoms in total. The molecule has 0 spiro atoms. The van der Waals surface area contributed by atoms with E-state index in [0.29, 0.717) is 12.2 Å². The van der Waals surface area contributed by atoms with E-state index >= 15 is 0 Å². The summed E-state index contributed by atoms with van der Waals surface area (Å²) in [7, 11) is 0. The van der Waals surface area contributed by atoms with E-state index in [1.165, 1.54) is 12.1 Å². The molecule has 0 heterocycles. The van der Waals surface area contributed by atoms with Crippen LogP contribution in [-0.2, 0) is 0 Å². The van der Waals surface area contributed by atoms with Crippen molar-refractivity contribution in [3.63, 3.8) is 0 Å². The minimum atomic E-state index is -0.599. The van der Waals surface area contributed by atoms with Crippen LogP contribution in [0.5, 0.6) is 0 Å². The van der Waals surface area contributed by atoms with Gasteiger partial charge in [0.05, 0.1) is 5.56 Å². The van der Waals surface area contributed by atoms with Gasteiger partial charge < -0.3 is 10.6 Å². The zero-order valence-electron chi connectivity index (χ0n) is 11.0. The lowest BCUT2D eigenvalue weighted by molar-refractivity contribution is 0.0612. The van der Waals surface area contributed by atoms with Crippen LogP contribution in [0.1, 0.15) is 31.1 Å². The van der Waals surface area contributed by atoms with Crippen molar-refractivity contribution in [1.29, 1.82) is 0 Å². The Morgan fingerprint density at radius 3 is 2.56 bits per heavy atom. The van der Waals surface area contributed by atoms with E-state index in [-0.39, 0.29) is 11.5 Å². The van der Waals surface area contributed by atoms with Crippen LogP contribution >= 0.6 is 0 Å². The molecule has 18 heavy (non-hydrogen) atoms. The maximum absolute atomic E-state index is 13.7. The zero-order chi connectivity index (χ0) is 13.9. The molecule has 4 heteroatoms. The quantitative estimate of drug-likeness (QED) is 0.662. The van der Waals surface area contributed by atoms with E-state index < -0.39 is 11.4 Å². The number of amides is 1. The van der Waals surface area contributed by atoms with Crippen LogP contribution in [0.2, 0.25) is 0 Å². The highest BCUT2D eigenvalue weighted by molar-refractivity contribution is 5.95. The summed E-state index contributed by atoms with van der Waals surface area (Å²) in [4.78, 5) is 13.9. The molecule has 0 saturated carbocycles. The molecule has 0 fully saturated rings. The molecule has 2 N–H and O–H groups in total. The first-order valence-electron chi connectivity index (χ1n) is 5.75. The van der Waals surface area contributed by atoms with Gasteiger partial charge in [0.25, 0.3) is 5.91 Å².